The zero-order valence-electron chi connectivity index (χ0n) is 64.1. The van der Waals surface area contributed by atoms with Crippen LogP contribution in [0.4, 0.5) is 0 Å². The summed E-state index contributed by atoms with van der Waals surface area (Å²) in [5.41, 5.74) is 0. The summed E-state index contributed by atoms with van der Waals surface area (Å²) in [4.78, 5) is 73.0. The van der Waals surface area contributed by atoms with Crippen molar-refractivity contribution in [3.05, 3.63) is 0 Å². The molecule has 17 nitrogen and oxygen atoms in total. The van der Waals surface area contributed by atoms with Gasteiger partial charge in [0.25, 0.3) is 0 Å². The first-order chi connectivity index (χ1) is 47.4. The van der Waals surface area contributed by atoms with Crippen molar-refractivity contribution in [1.29, 1.82) is 0 Å². The van der Waals surface area contributed by atoms with Crippen LogP contribution in [0.1, 0.15) is 414 Å². The maximum Gasteiger partial charge on any atom is 0.472 e. The standard InChI is InChI=1S/C79H154O17P2/c1-7-11-13-15-17-19-21-22-23-24-25-26-27-28-30-39-45-51-57-63-78(83)95-74(68-90-77(82)62-56-50-44-38-33-31-35-41-47-53-59-71(5)9-3)69-93-97(85,86)91-65-73(80)66-92-98(87,88)94-70-75(67-89-76(81)61-55-49-43-37-29-20-18-16-14-12-8-2)96-79(84)64-58-52-46-40-34-32-36-42-48-54-60-72(6)10-4/h71-75,80H,7-70H2,1-6H3,(H,85,86)(H,87,88)/t71?,72?,73-,74-,75-/m1/s1. The molecule has 0 aliphatic rings. The van der Waals surface area contributed by atoms with Gasteiger partial charge in [0.2, 0.25) is 0 Å². The molecule has 0 saturated heterocycles. The number of carbonyl (C=O) groups is 4. The van der Waals surface area contributed by atoms with E-state index in [-0.39, 0.29) is 25.7 Å². The number of hydrogen-bond donors (Lipinski definition) is 3. The maximum absolute atomic E-state index is 13.1. The van der Waals surface area contributed by atoms with Crippen LogP contribution in [0.2, 0.25) is 0 Å². The van der Waals surface area contributed by atoms with Crippen molar-refractivity contribution >= 4 is 39.5 Å². The monoisotopic (exact) mass is 1440 g/mol. The van der Waals surface area contributed by atoms with Crippen LogP contribution in [0.3, 0.4) is 0 Å². The van der Waals surface area contributed by atoms with E-state index in [2.05, 4.69) is 41.5 Å². The lowest BCUT2D eigenvalue weighted by atomic mass is 9.99. The third kappa shape index (κ3) is 69.8. The highest BCUT2D eigenvalue weighted by Crippen LogP contribution is 2.45. The summed E-state index contributed by atoms with van der Waals surface area (Å²) in [6, 6.07) is 0. The van der Waals surface area contributed by atoms with E-state index in [0.717, 1.165) is 102 Å². The van der Waals surface area contributed by atoms with E-state index >= 15 is 0 Å². The fourth-order valence-electron chi connectivity index (χ4n) is 12.1. The first-order valence-electron chi connectivity index (χ1n) is 41.1. The number of unbranched alkanes of at least 4 members (excludes halogenated alkanes) is 46. The Morgan fingerprint density at radius 3 is 0.724 bits per heavy atom. The minimum Gasteiger partial charge on any atom is -0.462 e. The quantitative estimate of drug-likeness (QED) is 0.0222. The van der Waals surface area contributed by atoms with Crippen molar-refractivity contribution in [2.24, 2.45) is 11.8 Å². The van der Waals surface area contributed by atoms with Crippen molar-refractivity contribution in [3.63, 3.8) is 0 Å². The average molecular weight is 1440 g/mol. The van der Waals surface area contributed by atoms with Crippen molar-refractivity contribution in [3.8, 4) is 0 Å². The van der Waals surface area contributed by atoms with Crippen LogP contribution in [-0.2, 0) is 65.4 Å². The summed E-state index contributed by atoms with van der Waals surface area (Å²) in [6.07, 6.45) is 59.4. The van der Waals surface area contributed by atoms with Crippen molar-refractivity contribution in [1.82, 2.24) is 0 Å². The Morgan fingerprint density at radius 2 is 0.490 bits per heavy atom. The highest BCUT2D eigenvalue weighted by Gasteiger charge is 2.30. The number of phosphoric ester groups is 2. The Bertz CT molecular complexity index is 1890. The average Bonchev–Trinajstić information content (AvgIpc) is 1.03. The van der Waals surface area contributed by atoms with Gasteiger partial charge in [-0.3, -0.25) is 37.3 Å². The molecule has 4 unspecified atom stereocenters. The molecular formula is C79H154O17P2. The largest absolute Gasteiger partial charge is 0.472 e. The number of aliphatic hydroxyl groups excluding tert-OH is 1. The summed E-state index contributed by atoms with van der Waals surface area (Å²) in [7, 11) is -9.92. The second-order valence-electron chi connectivity index (χ2n) is 28.9. The van der Waals surface area contributed by atoms with Crippen LogP contribution in [0.5, 0.6) is 0 Å². The molecule has 98 heavy (non-hydrogen) atoms. The van der Waals surface area contributed by atoms with E-state index in [9.17, 15) is 43.2 Å². The van der Waals surface area contributed by atoms with Gasteiger partial charge in [-0.25, -0.2) is 9.13 Å². The van der Waals surface area contributed by atoms with Gasteiger partial charge < -0.3 is 33.8 Å². The number of carbonyl (C=O) groups excluding carboxylic acids is 4. The third-order valence-electron chi connectivity index (χ3n) is 19.2. The molecule has 0 heterocycles. The number of esters is 4. The van der Waals surface area contributed by atoms with Crippen LogP contribution in [-0.4, -0.2) is 96.7 Å². The molecule has 0 fully saturated rings. The van der Waals surface area contributed by atoms with Gasteiger partial charge in [0.15, 0.2) is 12.2 Å². The van der Waals surface area contributed by atoms with Gasteiger partial charge in [-0.1, -0.05) is 363 Å². The minimum atomic E-state index is -4.96. The second-order valence-corrected chi connectivity index (χ2v) is 31.8. The zero-order chi connectivity index (χ0) is 72.1. The van der Waals surface area contributed by atoms with Gasteiger partial charge >= 0.3 is 39.5 Å². The van der Waals surface area contributed by atoms with Gasteiger partial charge in [-0.05, 0) is 37.5 Å². The van der Waals surface area contributed by atoms with E-state index in [1.165, 1.54) is 231 Å². The van der Waals surface area contributed by atoms with Crippen LogP contribution in [0.25, 0.3) is 0 Å². The Labute approximate surface area is 600 Å². The highest BCUT2D eigenvalue weighted by molar-refractivity contribution is 7.47. The van der Waals surface area contributed by atoms with Crippen molar-refractivity contribution in [2.45, 2.75) is 432 Å². The normalized spacial score (nSPS) is 14.5. The van der Waals surface area contributed by atoms with Crippen LogP contribution in [0.15, 0.2) is 0 Å². The van der Waals surface area contributed by atoms with E-state index in [4.69, 9.17) is 37.0 Å². The molecule has 0 saturated carbocycles. The van der Waals surface area contributed by atoms with E-state index in [0.29, 0.717) is 25.7 Å². The molecule has 7 atom stereocenters. The molecule has 19 heteroatoms. The highest BCUT2D eigenvalue weighted by atomic mass is 31.2. The molecule has 0 aliphatic heterocycles. The molecule has 0 aromatic carbocycles. The lowest BCUT2D eigenvalue weighted by Gasteiger charge is -2.21. The van der Waals surface area contributed by atoms with Crippen molar-refractivity contribution < 1.29 is 80.2 Å². The zero-order valence-corrected chi connectivity index (χ0v) is 65.9. The Kier molecular flexibility index (Phi) is 69.3. The molecule has 3 N–H and O–H groups in total. The van der Waals surface area contributed by atoms with Gasteiger partial charge in [-0.2, -0.15) is 0 Å². The molecule has 0 aromatic heterocycles. The Morgan fingerprint density at radius 1 is 0.286 bits per heavy atom. The summed E-state index contributed by atoms with van der Waals surface area (Å²) in [5, 5.41) is 10.6. The van der Waals surface area contributed by atoms with Crippen LogP contribution >= 0.6 is 15.6 Å². The molecule has 0 spiro atoms. The number of hydrogen-bond acceptors (Lipinski definition) is 15. The fraction of sp³-hybridized carbons (Fsp3) is 0.949. The fourth-order valence-corrected chi connectivity index (χ4v) is 13.7. The SMILES string of the molecule is CCCCCCCCCCCCCCCCCCCCCC(=O)O[C@H](COC(=O)CCCCCCCCCCCCC(C)CC)COP(=O)(O)OC[C@@H](O)COP(=O)(O)OC[C@@H](COC(=O)CCCCCCCCCCCCC)OC(=O)CCCCCCCCCCCCC(C)CC. The summed E-state index contributed by atoms with van der Waals surface area (Å²) in [5.74, 6) is -0.498. The van der Waals surface area contributed by atoms with Gasteiger partial charge in [0.1, 0.15) is 19.3 Å². The second kappa shape index (κ2) is 70.7. The summed E-state index contributed by atoms with van der Waals surface area (Å²) in [6.45, 7) is 9.67. The molecule has 0 radical (unpaired) electrons. The van der Waals surface area contributed by atoms with Gasteiger partial charge in [-0.15, -0.1) is 0 Å². The lowest BCUT2D eigenvalue weighted by Crippen LogP contribution is -2.30. The number of aliphatic hydroxyl groups is 1. The topological polar surface area (TPSA) is 237 Å². The molecule has 0 aliphatic carbocycles. The number of phosphoric acid groups is 2. The minimum absolute atomic E-state index is 0.107. The van der Waals surface area contributed by atoms with Crippen LogP contribution in [0, 0.1) is 11.8 Å². The lowest BCUT2D eigenvalue weighted by molar-refractivity contribution is -0.161. The number of rotatable bonds is 78. The van der Waals surface area contributed by atoms with Crippen LogP contribution < -0.4 is 0 Å². The Hall–Kier alpha value is -1.94. The molecule has 0 bridgehead atoms. The molecule has 582 valence electrons. The van der Waals surface area contributed by atoms with Gasteiger partial charge in [0, 0.05) is 25.7 Å². The predicted molar refractivity (Wildman–Crippen MR) is 400 cm³/mol. The Balaban J connectivity index is 5.25. The summed E-state index contributed by atoms with van der Waals surface area (Å²) < 4.78 is 68.7. The number of ether oxygens (including phenoxy) is 4. The van der Waals surface area contributed by atoms with E-state index in [1.54, 1.807) is 0 Å². The molecular weight excluding hydrogens is 1280 g/mol. The predicted octanol–water partition coefficient (Wildman–Crippen LogP) is 23.5. The van der Waals surface area contributed by atoms with Gasteiger partial charge in [0.05, 0.1) is 26.4 Å². The molecule has 0 rings (SSSR count). The molecule has 0 aromatic rings. The maximum atomic E-state index is 13.1. The van der Waals surface area contributed by atoms with E-state index < -0.39 is 97.5 Å². The summed E-state index contributed by atoms with van der Waals surface area (Å²) >= 11 is 0. The third-order valence-corrected chi connectivity index (χ3v) is 21.1. The smallest absolute Gasteiger partial charge is 0.462 e. The first kappa shape index (κ1) is 96.1. The molecule has 0 amide bonds. The van der Waals surface area contributed by atoms with Crippen molar-refractivity contribution in [2.75, 3.05) is 39.6 Å². The van der Waals surface area contributed by atoms with E-state index in [1.807, 2.05) is 0 Å². The first-order valence-corrected chi connectivity index (χ1v) is 44.1.